The van der Waals surface area contributed by atoms with Crippen LogP contribution in [0.4, 0.5) is 0 Å². The van der Waals surface area contributed by atoms with Crippen molar-refractivity contribution in [3.8, 4) is 11.5 Å². The number of ether oxygens (including phenoxy) is 4. The van der Waals surface area contributed by atoms with Gasteiger partial charge in [-0.05, 0) is 26.0 Å². The predicted molar refractivity (Wildman–Crippen MR) is 90.2 cm³/mol. The van der Waals surface area contributed by atoms with Crippen molar-refractivity contribution in [1.29, 1.82) is 0 Å². The molecule has 0 radical (unpaired) electrons. The van der Waals surface area contributed by atoms with Crippen molar-refractivity contribution in [3.63, 3.8) is 0 Å². The summed E-state index contributed by atoms with van der Waals surface area (Å²) < 4.78 is 26.2. The molecule has 0 aliphatic carbocycles. The SMILES string of the molecule is COC(=O)c1occc1COC(=O)COc1cccc2c1OC(C)(C)C2. The number of rotatable bonds is 6. The van der Waals surface area contributed by atoms with Crippen LogP contribution in [-0.4, -0.2) is 31.3 Å². The first-order valence-corrected chi connectivity index (χ1v) is 8.13. The number of para-hydroxylation sites is 1. The molecule has 1 aliphatic heterocycles. The van der Waals surface area contributed by atoms with Gasteiger partial charge < -0.3 is 23.4 Å². The summed E-state index contributed by atoms with van der Waals surface area (Å²) in [5.41, 5.74) is 1.17. The standard InChI is InChI=1S/C19H20O7/c1-19(2)9-12-5-4-6-14(16(12)26-19)24-11-15(20)25-10-13-7-8-23-17(13)18(21)22-3/h4-8H,9-11H2,1-3H3. The van der Waals surface area contributed by atoms with E-state index in [4.69, 9.17) is 18.6 Å². The Kier molecular flexibility index (Phi) is 4.88. The Bertz CT molecular complexity index is 819. The van der Waals surface area contributed by atoms with Gasteiger partial charge in [-0.2, -0.15) is 0 Å². The van der Waals surface area contributed by atoms with Crippen LogP contribution in [0.25, 0.3) is 0 Å². The fourth-order valence-corrected chi connectivity index (χ4v) is 2.76. The highest BCUT2D eigenvalue weighted by Gasteiger charge is 2.32. The second-order valence-electron chi connectivity index (χ2n) is 6.50. The van der Waals surface area contributed by atoms with Crippen LogP contribution in [0.3, 0.4) is 0 Å². The molecular formula is C19H20O7. The summed E-state index contributed by atoms with van der Waals surface area (Å²) in [6, 6.07) is 7.13. The van der Waals surface area contributed by atoms with E-state index >= 15 is 0 Å². The van der Waals surface area contributed by atoms with Gasteiger partial charge in [-0.15, -0.1) is 0 Å². The number of carbonyl (C=O) groups is 2. The molecule has 0 fully saturated rings. The van der Waals surface area contributed by atoms with Crippen LogP contribution >= 0.6 is 0 Å². The predicted octanol–water partition coefficient (Wildman–Crippen LogP) is 2.90. The van der Waals surface area contributed by atoms with E-state index < -0.39 is 11.9 Å². The molecule has 3 rings (SSSR count). The van der Waals surface area contributed by atoms with Gasteiger partial charge in [0, 0.05) is 17.5 Å². The van der Waals surface area contributed by atoms with Crippen molar-refractivity contribution >= 4 is 11.9 Å². The summed E-state index contributed by atoms with van der Waals surface area (Å²) in [6.45, 7) is 3.61. The first kappa shape index (κ1) is 17.8. The highest BCUT2D eigenvalue weighted by molar-refractivity contribution is 5.87. The summed E-state index contributed by atoms with van der Waals surface area (Å²) in [5.74, 6) is -0.0248. The number of esters is 2. The summed E-state index contributed by atoms with van der Waals surface area (Å²) in [5, 5.41) is 0. The number of carbonyl (C=O) groups excluding carboxylic acids is 2. The lowest BCUT2D eigenvalue weighted by atomic mass is 10.0. The van der Waals surface area contributed by atoms with E-state index in [2.05, 4.69) is 4.74 Å². The number of benzene rings is 1. The zero-order valence-corrected chi connectivity index (χ0v) is 14.9. The van der Waals surface area contributed by atoms with Crippen LogP contribution in [0.2, 0.25) is 0 Å². The van der Waals surface area contributed by atoms with Gasteiger partial charge in [-0.1, -0.05) is 12.1 Å². The molecule has 1 aromatic carbocycles. The Morgan fingerprint density at radius 3 is 2.81 bits per heavy atom. The topological polar surface area (TPSA) is 84.2 Å². The van der Waals surface area contributed by atoms with Gasteiger partial charge in [0.25, 0.3) is 0 Å². The van der Waals surface area contributed by atoms with Crippen molar-refractivity contribution in [2.75, 3.05) is 13.7 Å². The molecular weight excluding hydrogens is 340 g/mol. The van der Waals surface area contributed by atoms with Crippen LogP contribution in [0.1, 0.15) is 35.5 Å². The zero-order valence-electron chi connectivity index (χ0n) is 14.9. The minimum absolute atomic E-state index is 0.0118. The maximum atomic E-state index is 12.0. The smallest absolute Gasteiger partial charge is 0.374 e. The molecule has 1 aromatic heterocycles. The maximum absolute atomic E-state index is 12.0. The number of fused-ring (bicyclic) bond motifs is 1. The summed E-state index contributed by atoms with van der Waals surface area (Å²) in [6.07, 6.45) is 2.11. The van der Waals surface area contributed by atoms with Crippen molar-refractivity contribution in [1.82, 2.24) is 0 Å². The average molecular weight is 360 g/mol. The Hall–Kier alpha value is -2.96. The van der Waals surface area contributed by atoms with Crippen LogP contribution in [0.5, 0.6) is 11.5 Å². The number of furan rings is 1. The van der Waals surface area contributed by atoms with Gasteiger partial charge in [-0.25, -0.2) is 9.59 Å². The monoisotopic (exact) mass is 360 g/mol. The van der Waals surface area contributed by atoms with Crippen molar-refractivity contribution in [2.24, 2.45) is 0 Å². The summed E-state index contributed by atoms with van der Waals surface area (Å²) in [4.78, 5) is 23.5. The lowest BCUT2D eigenvalue weighted by Crippen LogP contribution is -2.24. The van der Waals surface area contributed by atoms with E-state index in [9.17, 15) is 9.59 Å². The third-order valence-corrected chi connectivity index (χ3v) is 3.91. The Morgan fingerprint density at radius 1 is 1.23 bits per heavy atom. The minimum atomic E-state index is -0.628. The fourth-order valence-electron chi connectivity index (χ4n) is 2.76. The van der Waals surface area contributed by atoms with E-state index in [0.29, 0.717) is 17.1 Å². The Balaban J connectivity index is 1.56. The molecule has 7 nitrogen and oxygen atoms in total. The second kappa shape index (κ2) is 7.11. The average Bonchev–Trinajstić information content (AvgIpc) is 3.19. The first-order valence-electron chi connectivity index (χ1n) is 8.13. The normalized spacial score (nSPS) is 14.3. The molecule has 0 amide bonds. The lowest BCUT2D eigenvalue weighted by Gasteiger charge is -2.18. The lowest BCUT2D eigenvalue weighted by molar-refractivity contribution is -0.147. The molecule has 0 saturated heterocycles. The molecule has 0 spiro atoms. The molecule has 138 valence electrons. The molecule has 0 unspecified atom stereocenters. The molecule has 1 aliphatic rings. The third kappa shape index (κ3) is 3.82. The van der Waals surface area contributed by atoms with Gasteiger partial charge in [-0.3, -0.25) is 0 Å². The minimum Gasteiger partial charge on any atom is -0.483 e. The largest absolute Gasteiger partial charge is 0.483 e. The summed E-state index contributed by atoms with van der Waals surface area (Å²) >= 11 is 0. The molecule has 0 bridgehead atoms. The molecule has 0 saturated carbocycles. The van der Waals surface area contributed by atoms with Crippen molar-refractivity contribution < 1.29 is 33.0 Å². The van der Waals surface area contributed by atoms with Crippen molar-refractivity contribution in [3.05, 3.63) is 47.4 Å². The quantitative estimate of drug-likeness (QED) is 0.732. The molecule has 0 N–H and O–H groups in total. The van der Waals surface area contributed by atoms with Gasteiger partial charge >= 0.3 is 11.9 Å². The highest BCUT2D eigenvalue weighted by atomic mass is 16.6. The Morgan fingerprint density at radius 2 is 2.04 bits per heavy atom. The van der Waals surface area contributed by atoms with E-state index in [1.54, 1.807) is 12.1 Å². The molecule has 0 atom stereocenters. The molecule has 7 heteroatoms. The van der Waals surface area contributed by atoms with Crippen LogP contribution in [0, 0.1) is 0 Å². The van der Waals surface area contributed by atoms with E-state index in [0.717, 1.165) is 12.0 Å². The number of methoxy groups -OCH3 is 1. The fraction of sp³-hybridized carbons (Fsp3) is 0.368. The molecule has 26 heavy (non-hydrogen) atoms. The van der Waals surface area contributed by atoms with Gasteiger partial charge in [0.1, 0.15) is 12.2 Å². The number of hydrogen-bond donors (Lipinski definition) is 0. The van der Waals surface area contributed by atoms with Crippen molar-refractivity contribution in [2.45, 2.75) is 32.5 Å². The van der Waals surface area contributed by atoms with Crippen LogP contribution in [0.15, 0.2) is 34.9 Å². The molecule has 2 aromatic rings. The van der Waals surface area contributed by atoms with Gasteiger partial charge in [0.2, 0.25) is 5.76 Å². The van der Waals surface area contributed by atoms with Gasteiger partial charge in [0.15, 0.2) is 18.1 Å². The second-order valence-corrected chi connectivity index (χ2v) is 6.50. The number of hydrogen-bond acceptors (Lipinski definition) is 7. The molecule has 2 heterocycles. The maximum Gasteiger partial charge on any atom is 0.374 e. The Labute approximate surface area is 150 Å². The first-order chi connectivity index (χ1) is 12.4. The van der Waals surface area contributed by atoms with E-state index in [1.807, 2.05) is 26.0 Å². The van der Waals surface area contributed by atoms with E-state index in [1.165, 1.54) is 13.4 Å². The van der Waals surface area contributed by atoms with Crippen LogP contribution < -0.4 is 9.47 Å². The summed E-state index contributed by atoms with van der Waals surface area (Å²) in [7, 11) is 1.25. The van der Waals surface area contributed by atoms with E-state index in [-0.39, 0.29) is 24.6 Å². The highest BCUT2D eigenvalue weighted by Crippen LogP contribution is 2.41. The van der Waals surface area contributed by atoms with Gasteiger partial charge in [0.05, 0.1) is 13.4 Å². The zero-order chi connectivity index (χ0) is 18.7. The van der Waals surface area contributed by atoms with Crippen LogP contribution in [-0.2, 0) is 27.3 Å². The third-order valence-electron chi connectivity index (χ3n) is 3.91.